The summed E-state index contributed by atoms with van der Waals surface area (Å²) in [4.78, 5) is 0. The first kappa shape index (κ1) is 20.0. The molecule has 0 saturated heterocycles. The molecule has 5 heteroatoms. The predicted molar refractivity (Wildman–Crippen MR) is 112 cm³/mol. The zero-order chi connectivity index (χ0) is 19.1. The predicted octanol–water partition coefficient (Wildman–Crippen LogP) is 4.84. The van der Waals surface area contributed by atoms with Gasteiger partial charge in [-0.05, 0) is 94.4 Å². The van der Waals surface area contributed by atoms with Gasteiger partial charge < -0.3 is 20.1 Å². The first-order valence-corrected chi connectivity index (χ1v) is 9.28. The number of benzene rings is 2. The summed E-state index contributed by atoms with van der Waals surface area (Å²) >= 11 is 5.37. The fraction of sp³-hybridized carbons (Fsp3) is 0.381. The summed E-state index contributed by atoms with van der Waals surface area (Å²) in [7, 11) is 0. The Morgan fingerprint density at radius 3 is 2.23 bits per heavy atom. The Labute approximate surface area is 161 Å². The summed E-state index contributed by atoms with van der Waals surface area (Å²) in [5.41, 5.74) is 3.41. The minimum Gasteiger partial charge on any atom is -0.491 e. The van der Waals surface area contributed by atoms with E-state index < -0.39 is 0 Å². The van der Waals surface area contributed by atoms with Crippen LogP contribution in [0.2, 0.25) is 0 Å². The number of hydrogen-bond acceptors (Lipinski definition) is 3. The van der Waals surface area contributed by atoms with E-state index in [2.05, 4.69) is 36.6 Å². The number of rotatable bonds is 7. The van der Waals surface area contributed by atoms with Gasteiger partial charge in [-0.3, -0.25) is 0 Å². The molecule has 0 spiro atoms. The summed E-state index contributed by atoms with van der Waals surface area (Å²) in [6, 6.07) is 14.0. The second-order valence-electron chi connectivity index (χ2n) is 6.75. The van der Waals surface area contributed by atoms with Gasteiger partial charge in [-0.1, -0.05) is 6.07 Å². The fourth-order valence-electron chi connectivity index (χ4n) is 2.35. The van der Waals surface area contributed by atoms with Crippen molar-refractivity contribution in [3.8, 4) is 11.5 Å². The molecule has 0 fully saturated rings. The minimum absolute atomic E-state index is 0.0835. The van der Waals surface area contributed by atoms with Crippen LogP contribution >= 0.6 is 12.2 Å². The molecule has 0 heterocycles. The third-order valence-corrected chi connectivity index (χ3v) is 4.06. The Kier molecular flexibility index (Phi) is 7.27. The summed E-state index contributed by atoms with van der Waals surface area (Å²) in [6.07, 6.45) is 0.162. The molecule has 0 bridgehead atoms. The van der Waals surface area contributed by atoms with Crippen LogP contribution in [0.1, 0.15) is 31.9 Å². The van der Waals surface area contributed by atoms with Gasteiger partial charge in [0.2, 0.25) is 0 Å². The van der Waals surface area contributed by atoms with Crippen LogP contribution in [0.3, 0.4) is 0 Å². The Bertz CT molecular complexity index is 729. The largest absolute Gasteiger partial charge is 0.491 e. The maximum absolute atomic E-state index is 5.84. The van der Waals surface area contributed by atoms with Crippen molar-refractivity contribution >= 4 is 23.0 Å². The number of anilines is 1. The van der Waals surface area contributed by atoms with E-state index in [1.807, 2.05) is 51.1 Å². The highest BCUT2D eigenvalue weighted by Gasteiger charge is 2.07. The Hall–Kier alpha value is -2.27. The molecule has 2 aromatic rings. The van der Waals surface area contributed by atoms with Gasteiger partial charge >= 0.3 is 0 Å². The van der Waals surface area contributed by atoms with Crippen LogP contribution in [-0.2, 0) is 0 Å². The smallest absolute Gasteiger partial charge is 0.171 e. The lowest BCUT2D eigenvalue weighted by atomic mass is 10.1. The number of hydrogen-bond donors (Lipinski definition) is 2. The third kappa shape index (κ3) is 6.56. The lowest BCUT2D eigenvalue weighted by Crippen LogP contribution is -2.39. The van der Waals surface area contributed by atoms with Crippen molar-refractivity contribution in [1.29, 1.82) is 0 Å². The van der Waals surface area contributed by atoms with E-state index in [9.17, 15) is 0 Å². The monoisotopic (exact) mass is 372 g/mol. The molecule has 2 N–H and O–H groups in total. The highest BCUT2D eigenvalue weighted by Crippen LogP contribution is 2.18. The molecule has 0 unspecified atom stereocenters. The molecular weight excluding hydrogens is 344 g/mol. The molecule has 4 nitrogen and oxygen atoms in total. The van der Waals surface area contributed by atoms with Gasteiger partial charge in [0.15, 0.2) is 5.11 Å². The summed E-state index contributed by atoms with van der Waals surface area (Å²) in [5, 5.41) is 6.98. The molecule has 1 atom stereocenters. The van der Waals surface area contributed by atoms with Crippen LogP contribution in [0.15, 0.2) is 42.5 Å². The first-order chi connectivity index (χ1) is 12.3. The topological polar surface area (TPSA) is 42.5 Å². The van der Waals surface area contributed by atoms with Gasteiger partial charge in [-0.25, -0.2) is 0 Å². The van der Waals surface area contributed by atoms with Gasteiger partial charge in [-0.15, -0.1) is 0 Å². The van der Waals surface area contributed by atoms with E-state index in [1.165, 1.54) is 11.1 Å². The maximum Gasteiger partial charge on any atom is 0.171 e. The van der Waals surface area contributed by atoms with E-state index in [0.717, 1.165) is 17.2 Å². The second kappa shape index (κ2) is 9.43. The summed E-state index contributed by atoms with van der Waals surface area (Å²) in [6.45, 7) is 10.8. The lowest BCUT2D eigenvalue weighted by Gasteiger charge is -2.18. The van der Waals surface area contributed by atoms with Crippen LogP contribution in [0.4, 0.5) is 5.69 Å². The van der Waals surface area contributed by atoms with Crippen molar-refractivity contribution in [2.24, 2.45) is 0 Å². The van der Waals surface area contributed by atoms with Gasteiger partial charge in [-0.2, -0.15) is 0 Å². The quantitative estimate of drug-likeness (QED) is 0.681. The van der Waals surface area contributed by atoms with Crippen molar-refractivity contribution in [3.63, 3.8) is 0 Å². The average molecular weight is 373 g/mol. The Morgan fingerprint density at radius 1 is 0.962 bits per heavy atom. The van der Waals surface area contributed by atoms with Crippen LogP contribution < -0.4 is 20.1 Å². The summed E-state index contributed by atoms with van der Waals surface area (Å²) < 4.78 is 11.5. The fourth-order valence-corrected chi connectivity index (χ4v) is 2.67. The highest BCUT2D eigenvalue weighted by atomic mass is 32.1. The minimum atomic E-state index is 0.0835. The summed E-state index contributed by atoms with van der Waals surface area (Å²) in [5.74, 6) is 1.72. The van der Waals surface area contributed by atoms with Gasteiger partial charge in [0.05, 0.1) is 12.1 Å². The molecule has 2 rings (SSSR count). The first-order valence-electron chi connectivity index (χ1n) is 8.88. The van der Waals surface area contributed by atoms with Crippen molar-refractivity contribution in [2.45, 2.75) is 46.8 Å². The molecule has 0 saturated carbocycles. The maximum atomic E-state index is 5.84. The van der Waals surface area contributed by atoms with E-state index in [4.69, 9.17) is 21.7 Å². The normalized spacial score (nSPS) is 11.8. The lowest BCUT2D eigenvalue weighted by molar-refractivity contribution is 0.242. The number of thiocarbonyl (C=S) groups is 1. The van der Waals surface area contributed by atoms with Crippen LogP contribution in [0, 0.1) is 13.8 Å². The molecule has 0 radical (unpaired) electrons. The zero-order valence-corrected chi connectivity index (χ0v) is 16.9. The number of ether oxygens (including phenoxy) is 2. The zero-order valence-electron chi connectivity index (χ0n) is 16.1. The van der Waals surface area contributed by atoms with Crippen LogP contribution in [-0.4, -0.2) is 23.9 Å². The average Bonchev–Trinajstić information content (AvgIpc) is 2.57. The van der Waals surface area contributed by atoms with Crippen molar-refractivity contribution in [2.75, 3.05) is 11.9 Å². The molecule has 0 aliphatic heterocycles. The van der Waals surface area contributed by atoms with E-state index in [-0.39, 0.29) is 12.1 Å². The van der Waals surface area contributed by atoms with Gasteiger partial charge in [0, 0.05) is 5.69 Å². The molecule has 0 aromatic heterocycles. The van der Waals surface area contributed by atoms with Crippen LogP contribution in [0.5, 0.6) is 11.5 Å². The van der Waals surface area contributed by atoms with E-state index >= 15 is 0 Å². The van der Waals surface area contributed by atoms with Gasteiger partial charge in [0.1, 0.15) is 18.1 Å². The molecule has 140 valence electrons. The second-order valence-corrected chi connectivity index (χ2v) is 7.16. The molecular formula is C21H28N2O2S. The standard InChI is InChI=1S/C21H28N2O2S/c1-14(2)25-19-10-7-18(8-11-19)23-21(26)22-17(5)13-24-20-9-6-15(3)16(4)12-20/h6-12,14,17H,13H2,1-5H3,(H2,22,23,26)/t17-/m0/s1. The Morgan fingerprint density at radius 2 is 1.62 bits per heavy atom. The Balaban J connectivity index is 1.78. The number of aryl methyl sites for hydroxylation is 2. The van der Waals surface area contributed by atoms with E-state index in [1.54, 1.807) is 0 Å². The highest BCUT2D eigenvalue weighted by molar-refractivity contribution is 7.80. The van der Waals surface area contributed by atoms with Gasteiger partial charge in [0.25, 0.3) is 0 Å². The van der Waals surface area contributed by atoms with E-state index in [0.29, 0.717) is 11.7 Å². The van der Waals surface area contributed by atoms with Crippen molar-refractivity contribution in [3.05, 3.63) is 53.6 Å². The SMILES string of the molecule is Cc1ccc(OC[C@H](C)NC(=S)Nc2ccc(OC(C)C)cc2)cc1C. The van der Waals surface area contributed by atoms with Crippen LogP contribution in [0.25, 0.3) is 0 Å². The molecule has 0 aliphatic rings. The molecule has 0 amide bonds. The third-order valence-electron chi connectivity index (χ3n) is 3.84. The van der Waals surface area contributed by atoms with Crippen molar-refractivity contribution in [1.82, 2.24) is 5.32 Å². The molecule has 0 aliphatic carbocycles. The molecule has 26 heavy (non-hydrogen) atoms. The molecule has 2 aromatic carbocycles. The van der Waals surface area contributed by atoms with Crippen molar-refractivity contribution < 1.29 is 9.47 Å². The number of nitrogens with one attached hydrogen (secondary N) is 2.